The molecule has 0 aromatic carbocycles. The molecule has 0 heterocycles. The van der Waals surface area contributed by atoms with E-state index in [0.29, 0.717) is 16.7 Å². The Morgan fingerprint density at radius 3 is 2.55 bits per heavy atom. The molecule has 4 fully saturated rings. The minimum Gasteiger partial charge on any atom is -0.386 e. The second-order valence-corrected chi connectivity index (χ2v) is 13.1. The fourth-order valence-electron chi connectivity index (χ4n) is 10.2. The molecule has 4 heteroatoms. The van der Waals surface area contributed by atoms with Crippen molar-refractivity contribution in [2.24, 2.45) is 63.1 Å². The van der Waals surface area contributed by atoms with Crippen LogP contribution in [-0.2, 0) is 0 Å². The molecule has 0 amide bonds. The summed E-state index contributed by atoms with van der Waals surface area (Å²) in [6.07, 6.45) is 19.7. The quantitative estimate of drug-likeness (QED) is 0.153. The van der Waals surface area contributed by atoms with Gasteiger partial charge >= 0.3 is 0 Å². The van der Waals surface area contributed by atoms with Gasteiger partial charge in [-0.05, 0) is 104 Å². The Morgan fingerprint density at radius 1 is 1.00 bits per heavy atom. The second-order valence-electron chi connectivity index (χ2n) is 13.1. The summed E-state index contributed by atoms with van der Waals surface area (Å²) in [6.45, 7) is 10.5. The first-order valence-corrected chi connectivity index (χ1v) is 14.6. The third kappa shape index (κ3) is 4.71. The summed E-state index contributed by atoms with van der Waals surface area (Å²) >= 11 is 0. The number of fused-ring (bicyclic) bond motifs is 5. The molecular formula is C29H54N4. The van der Waals surface area contributed by atoms with Crippen molar-refractivity contribution in [3.63, 3.8) is 0 Å². The van der Waals surface area contributed by atoms with Gasteiger partial charge in [0.15, 0.2) is 0 Å². The third-order valence-corrected chi connectivity index (χ3v) is 11.7. The Hall–Kier alpha value is -0.770. The molecule has 0 saturated heterocycles. The van der Waals surface area contributed by atoms with E-state index in [9.17, 15) is 0 Å². The van der Waals surface area contributed by atoms with Gasteiger partial charge in [0.25, 0.3) is 0 Å². The Labute approximate surface area is 204 Å². The zero-order valence-corrected chi connectivity index (χ0v) is 22.5. The summed E-state index contributed by atoms with van der Waals surface area (Å²) in [4.78, 5) is 0. The molecule has 33 heavy (non-hydrogen) atoms. The number of nitrogens with zero attached hydrogens (tertiary/aromatic N) is 1. The van der Waals surface area contributed by atoms with Crippen molar-refractivity contribution in [3.05, 3.63) is 0 Å². The Kier molecular flexibility index (Phi) is 8.03. The van der Waals surface area contributed by atoms with Crippen LogP contribution < -0.4 is 16.7 Å². The van der Waals surface area contributed by atoms with Gasteiger partial charge in [-0.1, -0.05) is 59.8 Å². The summed E-state index contributed by atoms with van der Waals surface area (Å²) < 4.78 is 0. The highest BCUT2D eigenvalue weighted by Crippen LogP contribution is 2.69. The predicted octanol–water partition coefficient (Wildman–Crippen LogP) is 6.86. The molecule has 4 aliphatic rings. The minimum atomic E-state index is 0.591. The maximum atomic E-state index is 6.00. The van der Waals surface area contributed by atoms with E-state index < -0.39 is 0 Å². The third-order valence-electron chi connectivity index (χ3n) is 11.7. The van der Waals surface area contributed by atoms with Crippen LogP contribution in [0.3, 0.4) is 0 Å². The molecule has 0 aromatic heterocycles. The number of amidine groups is 1. The molecule has 4 rings (SSSR count). The lowest BCUT2D eigenvalue weighted by molar-refractivity contribution is -0.138. The molecular weight excluding hydrogens is 404 g/mol. The monoisotopic (exact) mass is 458 g/mol. The van der Waals surface area contributed by atoms with Crippen LogP contribution in [0.2, 0.25) is 0 Å². The molecule has 9 atom stereocenters. The normalized spacial score (nSPS) is 44.0. The van der Waals surface area contributed by atoms with E-state index >= 15 is 0 Å². The standard InChI is InChI=1S/C29H54N4/c1-6-21-19-22-25-15-14-23(20(2)11-7-8-13-27(30)32-33-31-5)29(25,4)18-16-26(22)28(3)17-10-9-12-24(21)28/h20-26,31,33H,6-19H2,1-5H3,(H2,30,32)/t20-,21+,22+,23?,24+,25?,26+,28+,29-/m1/s1. The Bertz CT molecular complexity index is 677. The largest absolute Gasteiger partial charge is 0.386 e. The van der Waals surface area contributed by atoms with Crippen molar-refractivity contribution >= 4 is 5.84 Å². The van der Waals surface area contributed by atoms with Gasteiger partial charge in [-0.25, -0.2) is 11.0 Å². The number of nitrogens with two attached hydrogens (primary N) is 1. The maximum absolute atomic E-state index is 6.00. The summed E-state index contributed by atoms with van der Waals surface area (Å²) in [5.41, 5.74) is 12.8. The first-order chi connectivity index (χ1) is 15.8. The SMILES string of the molecule is CC[C@H]1C[C@H]2C3CCC([C@H](C)CCCC/C(N)=N/NNC)[C@@]3(C)CC[C@@H]2[C@@]2(C)CCCC[C@@H]12. The van der Waals surface area contributed by atoms with Crippen molar-refractivity contribution < 1.29 is 0 Å². The number of hydrogen-bond donors (Lipinski definition) is 3. The van der Waals surface area contributed by atoms with Gasteiger partial charge in [0, 0.05) is 13.5 Å². The highest BCUT2D eigenvalue weighted by atomic mass is 15.5. The lowest BCUT2D eigenvalue weighted by atomic mass is 9.42. The Balaban J connectivity index is 1.39. The van der Waals surface area contributed by atoms with Crippen LogP contribution in [0.15, 0.2) is 5.10 Å². The first kappa shape index (κ1) is 25.3. The smallest absolute Gasteiger partial charge is 0.121 e. The molecule has 0 bridgehead atoms. The van der Waals surface area contributed by atoms with E-state index in [1.165, 1.54) is 70.6 Å². The average Bonchev–Trinajstić information content (AvgIpc) is 3.17. The van der Waals surface area contributed by atoms with Crippen LogP contribution in [0.25, 0.3) is 0 Å². The average molecular weight is 459 g/mol. The molecule has 0 spiro atoms. The van der Waals surface area contributed by atoms with Crippen LogP contribution in [0.5, 0.6) is 0 Å². The zero-order valence-electron chi connectivity index (χ0n) is 22.5. The molecule has 0 aromatic rings. The van der Waals surface area contributed by atoms with Crippen LogP contribution in [0.1, 0.15) is 118 Å². The van der Waals surface area contributed by atoms with E-state index in [-0.39, 0.29) is 0 Å². The number of rotatable bonds is 9. The van der Waals surface area contributed by atoms with Crippen LogP contribution in [0, 0.1) is 52.3 Å². The van der Waals surface area contributed by atoms with Gasteiger partial charge in [-0.3, -0.25) is 0 Å². The fourth-order valence-corrected chi connectivity index (χ4v) is 10.2. The highest BCUT2D eigenvalue weighted by Gasteiger charge is 2.61. The fraction of sp³-hybridized carbons (Fsp3) is 0.966. The summed E-state index contributed by atoms with van der Waals surface area (Å²) in [5.74, 6) is 7.53. The molecule has 4 N–H and O–H groups in total. The molecule has 0 radical (unpaired) electrons. The summed E-state index contributed by atoms with van der Waals surface area (Å²) in [5, 5.41) is 4.12. The zero-order chi connectivity index (χ0) is 23.6. The van der Waals surface area contributed by atoms with Gasteiger partial charge in [0.1, 0.15) is 5.84 Å². The lowest BCUT2D eigenvalue weighted by Crippen LogP contribution is -2.55. The molecule has 0 aliphatic heterocycles. The number of hydrazone groups is 1. The van der Waals surface area contributed by atoms with Crippen molar-refractivity contribution in [3.8, 4) is 0 Å². The second kappa shape index (κ2) is 10.5. The van der Waals surface area contributed by atoms with Crippen LogP contribution in [-0.4, -0.2) is 12.9 Å². The van der Waals surface area contributed by atoms with E-state index in [1.54, 1.807) is 6.42 Å². The van der Waals surface area contributed by atoms with E-state index in [1.807, 2.05) is 7.05 Å². The number of nitrogens with one attached hydrogen (secondary N) is 2. The van der Waals surface area contributed by atoms with Crippen LogP contribution >= 0.6 is 0 Å². The summed E-state index contributed by atoms with van der Waals surface area (Å²) in [7, 11) is 1.81. The molecule has 190 valence electrons. The van der Waals surface area contributed by atoms with Crippen molar-refractivity contribution in [1.82, 2.24) is 11.0 Å². The summed E-state index contributed by atoms with van der Waals surface area (Å²) in [6, 6.07) is 0. The van der Waals surface area contributed by atoms with Crippen molar-refractivity contribution in [2.75, 3.05) is 7.05 Å². The number of unbranched alkanes of at least 4 members (excludes halogenated alkanes) is 1. The van der Waals surface area contributed by atoms with Crippen LogP contribution in [0.4, 0.5) is 0 Å². The van der Waals surface area contributed by atoms with Gasteiger partial charge in [-0.15, -0.1) is 0 Å². The highest BCUT2D eigenvalue weighted by molar-refractivity contribution is 5.79. The van der Waals surface area contributed by atoms with E-state index in [4.69, 9.17) is 5.73 Å². The van der Waals surface area contributed by atoms with E-state index in [0.717, 1.165) is 54.3 Å². The van der Waals surface area contributed by atoms with Gasteiger partial charge in [0.2, 0.25) is 0 Å². The van der Waals surface area contributed by atoms with Gasteiger partial charge in [0.05, 0.1) is 0 Å². The molecule has 2 unspecified atom stereocenters. The number of hydrogen-bond acceptors (Lipinski definition) is 3. The van der Waals surface area contributed by atoms with Gasteiger partial charge < -0.3 is 5.73 Å². The molecule has 4 saturated carbocycles. The van der Waals surface area contributed by atoms with Crippen molar-refractivity contribution in [2.45, 2.75) is 118 Å². The van der Waals surface area contributed by atoms with Crippen molar-refractivity contribution in [1.29, 1.82) is 0 Å². The van der Waals surface area contributed by atoms with E-state index in [2.05, 4.69) is 43.8 Å². The first-order valence-electron chi connectivity index (χ1n) is 14.6. The topological polar surface area (TPSA) is 62.4 Å². The van der Waals surface area contributed by atoms with Gasteiger partial charge in [-0.2, -0.15) is 5.10 Å². The minimum absolute atomic E-state index is 0.591. The molecule has 4 aliphatic carbocycles. The molecule has 4 nitrogen and oxygen atoms in total. The Morgan fingerprint density at radius 2 is 1.79 bits per heavy atom. The number of hydrazine groups is 1. The lowest BCUT2D eigenvalue weighted by Gasteiger charge is -2.63. The predicted molar refractivity (Wildman–Crippen MR) is 140 cm³/mol. The maximum Gasteiger partial charge on any atom is 0.121 e.